The molecule has 98 valence electrons. The number of nitrogens with zero attached hydrogens (tertiary/aromatic N) is 2. The number of carbonyl (C=O) groups is 2. The van der Waals surface area contributed by atoms with Crippen molar-refractivity contribution in [1.82, 2.24) is 10.2 Å². The third-order valence-corrected chi connectivity index (χ3v) is 3.73. The molecule has 1 saturated heterocycles. The Bertz CT molecular complexity index is 367. The highest BCUT2D eigenvalue weighted by Gasteiger charge is 2.39. The largest absolute Gasteiger partial charge is 0.325 e. The zero-order valence-electron chi connectivity index (χ0n) is 10.5. The summed E-state index contributed by atoms with van der Waals surface area (Å²) in [6.45, 7) is 0.445. The van der Waals surface area contributed by atoms with Gasteiger partial charge in [-0.15, -0.1) is 0 Å². The highest BCUT2D eigenvalue weighted by Crippen LogP contribution is 2.23. The van der Waals surface area contributed by atoms with Crippen molar-refractivity contribution in [3.63, 3.8) is 0 Å². The fourth-order valence-electron chi connectivity index (χ4n) is 2.47. The molecule has 1 heterocycles. The van der Waals surface area contributed by atoms with Crippen LogP contribution < -0.4 is 5.32 Å². The molecule has 1 aliphatic carbocycles. The van der Waals surface area contributed by atoms with E-state index in [-0.39, 0.29) is 17.9 Å². The summed E-state index contributed by atoms with van der Waals surface area (Å²) >= 11 is 0. The Morgan fingerprint density at radius 3 is 2.28 bits per heavy atom. The van der Waals surface area contributed by atoms with Crippen LogP contribution in [0.4, 0.5) is 4.79 Å². The van der Waals surface area contributed by atoms with Gasteiger partial charge in [0.15, 0.2) is 0 Å². The summed E-state index contributed by atoms with van der Waals surface area (Å²) in [7, 11) is 0. The predicted molar refractivity (Wildman–Crippen MR) is 65.5 cm³/mol. The molecule has 1 unspecified atom stereocenters. The summed E-state index contributed by atoms with van der Waals surface area (Å²) in [5.74, 6) is -0.194. The normalized spacial score (nSPS) is 24.6. The van der Waals surface area contributed by atoms with Gasteiger partial charge in [-0.2, -0.15) is 5.26 Å². The van der Waals surface area contributed by atoms with Crippen LogP contribution >= 0.6 is 0 Å². The van der Waals surface area contributed by atoms with E-state index in [1.165, 1.54) is 24.2 Å². The molecule has 3 amide bonds. The van der Waals surface area contributed by atoms with Gasteiger partial charge >= 0.3 is 6.03 Å². The van der Waals surface area contributed by atoms with E-state index >= 15 is 0 Å². The van der Waals surface area contributed by atoms with Gasteiger partial charge in [-0.05, 0) is 12.8 Å². The molecule has 18 heavy (non-hydrogen) atoms. The van der Waals surface area contributed by atoms with Crippen molar-refractivity contribution < 1.29 is 9.59 Å². The van der Waals surface area contributed by atoms with Gasteiger partial charge in [0, 0.05) is 5.92 Å². The molecular weight excluding hydrogens is 230 g/mol. The minimum absolute atomic E-state index is 0.0327. The van der Waals surface area contributed by atoms with E-state index in [0.29, 0.717) is 6.54 Å². The summed E-state index contributed by atoms with van der Waals surface area (Å²) in [5, 5.41) is 11.0. The van der Waals surface area contributed by atoms with Gasteiger partial charge in [-0.1, -0.05) is 32.1 Å². The zero-order valence-corrected chi connectivity index (χ0v) is 10.5. The molecule has 5 heteroatoms. The van der Waals surface area contributed by atoms with E-state index in [9.17, 15) is 9.59 Å². The van der Waals surface area contributed by atoms with Crippen molar-refractivity contribution in [3.05, 3.63) is 0 Å². The standard InChI is InChI=1S/C13H19N3O2/c14-8-11-9-16(11)13(18)15-12(17)10-6-4-2-1-3-5-7-10/h10-11H,1-7,9H2,(H,15,17,18). The van der Waals surface area contributed by atoms with Crippen molar-refractivity contribution in [3.8, 4) is 6.07 Å². The Balaban J connectivity index is 1.79. The number of urea groups is 1. The highest BCUT2D eigenvalue weighted by molar-refractivity contribution is 5.96. The van der Waals surface area contributed by atoms with E-state index in [2.05, 4.69) is 5.32 Å². The lowest BCUT2D eigenvalue weighted by Gasteiger charge is -2.18. The van der Waals surface area contributed by atoms with Crippen LogP contribution in [0.15, 0.2) is 0 Å². The lowest BCUT2D eigenvalue weighted by molar-refractivity contribution is -0.124. The third-order valence-electron chi connectivity index (χ3n) is 3.73. The Labute approximate surface area is 107 Å². The van der Waals surface area contributed by atoms with Crippen LogP contribution in [0.2, 0.25) is 0 Å². The predicted octanol–water partition coefficient (Wildman–Crippen LogP) is 1.79. The monoisotopic (exact) mass is 249 g/mol. The van der Waals surface area contributed by atoms with Gasteiger partial charge in [0.05, 0.1) is 12.6 Å². The molecule has 1 aliphatic heterocycles. The molecular formula is C13H19N3O2. The SMILES string of the molecule is N#CC1CN1C(=O)NC(=O)C1CCCCCCC1. The number of imide groups is 1. The van der Waals surface area contributed by atoms with Gasteiger partial charge in [-0.3, -0.25) is 10.1 Å². The molecule has 2 fully saturated rings. The molecule has 0 spiro atoms. The Morgan fingerprint density at radius 2 is 1.72 bits per heavy atom. The van der Waals surface area contributed by atoms with Gasteiger partial charge in [-0.25, -0.2) is 4.79 Å². The maximum atomic E-state index is 12.0. The van der Waals surface area contributed by atoms with E-state index in [1.807, 2.05) is 6.07 Å². The Hall–Kier alpha value is -1.57. The summed E-state index contributed by atoms with van der Waals surface area (Å²) in [6, 6.07) is 1.25. The van der Waals surface area contributed by atoms with Gasteiger partial charge < -0.3 is 4.90 Å². The van der Waals surface area contributed by atoms with Crippen LogP contribution in [0.1, 0.15) is 44.9 Å². The molecule has 0 aromatic heterocycles. The molecule has 5 nitrogen and oxygen atoms in total. The quantitative estimate of drug-likeness (QED) is 0.720. The van der Waals surface area contributed by atoms with E-state index in [4.69, 9.17) is 5.26 Å². The van der Waals surface area contributed by atoms with Gasteiger partial charge in [0.25, 0.3) is 0 Å². The average Bonchev–Trinajstić information content (AvgIpc) is 3.07. The van der Waals surface area contributed by atoms with E-state index in [0.717, 1.165) is 25.7 Å². The number of amides is 3. The molecule has 2 aliphatic rings. The van der Waals surface area contributed by atoms with Crippen LogP contribution in [0.25, 0.3) is 0 Å². The molecule has 1 atom stereocenters. The molecule has 0 radical (unpaired) electrons. The van der Waals surface area contributed by atoms with Crippen molar-refractivity contribution in [2.24, 2.45) is 5.92 Å². The first-order chi connectivity index (χ1) is 8.72. The van der Waals surface area contributed by atoms with Crippen LogP contribution in [0.3, 0.4) is 0 Å². The lowest BCUT2D eigenvalue weighted by atomic mass is 9.90. The first-order valence-corrected chi connectivity index (χ1v) is 6.73. The number of hydrogen-bond donors (Lipinski definition) is 1. The second kappa shape index (κ2) is 5.85. The fourth-order valence-corrected chi connectivity index (χ4v) is 2.47. The summed E-state index contributed by atoms with van der Waals surface area (Å²) in [4.78, 5) is 25.0. The van der Waals surface area contributed by atoms with Crippen LogP contribution in [-0.4, -0.2) is 29.4 Å². The number of carbonyl (C=O) groups excluding carboxylic acids is 2. The first-order valence-electron chi connectivity index (χ1n) is 6.73. The maximum Gasteiger partial charge on any atom is 0.325 e. The number of rotatable bonds is 1. The minimum Gasteiger partial charge on any atom is -0.303 e. The second-order valence-corrected chi connectivity index (χ2v) is 5.13. The molecule has 2 rings (SSSR count). The second-order valence-electron chi connectivity index (χ2n) is 5.13. The Kier molecular flexibility index (Phi) is 4.19. The number of hydrogen-bond acceptors (Lipinski definition) is 3. The van der Waals surface area contributed by atoms with E-state index < -0.39 is 6.03 Å². The summed E-state index contributed by atoms with van der Waals surface area (Å²) in [6.07, 6.45) is 7.50. The fraction of sp³-hybridized carbons (Fsp3) is 0.769. The van der Waals surface area contributed by atoms with Crippen LogP contribution in [0.5, 0.6) is 0 Å². The van der Waals surface area contributed by atoms with Crippen LogP contribution in [0, 0.1) is 17.2 Å². The van der Waals surface area contributed by atoms with E-state index in [1.54, 1.807) is 0 Å². The maximum absolute atomic E-state index is 12.0. The summed E-state index contributed by atoms with van der Waals surface area (Å²) in [5.41, 5.74) is 0. The average molecular weight is 249 g/mol. The zero-order chi connectivity index (χ0) is 13.0. The van der Waals surface area contributed by atoms with Gasteiger partial charge in [0.2, 0.25) is 5.91 Å². The highest BCUT2D eigenvalue weighted by atomic mass is 16.2. The van der Waals surface area contributed by atoms with Crippen molar-refractivity contribution in [1.29, 1.82) is 5.26 Å². The first kappa shape index (κ1) is 12.9. The lowest BCUT2D eigenvalue weighted by Crippen LogP contribution is -2.39. The molecule has 0 aromatic carbocycles. The molecule has 1 N–H and O–H groups in total. The number of nitriles is 1. The molecule has 1 saturated carbocycles. The summed E-state index contributed by atoms with van der Waals surface area (Å²) < 4.78 is 0. The van der Waals surface area contributed by atoms with Crippen molar-refractivity contribution in [2.45, 2.75) is 51.0 Å². The minimum atomic E-state index is -0.409. The smallest absolute Gasteiger partial charge is 0.303 e. The Morgan fingerprint density at radius 1 is 1.11 bits per heavy atom. The topological polar surface area (TPSA) is 73.0 Å². The van der Waals surface area contributed by atoms with Gasteiger partial charge in [0.1, 0.15) is 6.04 Å². The number of nitrogens with one attached hydrogen (secondary N) is 1. The molecule has 0 aromatic rings. The van der Waals surface area contributed by atoms with Crippen LogP contribution in [-0.2, 0) is 4.79 Å². The third kappa shape index (κ3) is 3.22. The molecule has 0 bridgehead atoms. The van der Waals surface area contributed by atoms with Crippen molar-refractivity contribution in [2.75, 3.05) is 6.54 Å². The van der Waals surface area contributed by atoms with Crippen molar-refractivity contribution >= 4 is 11.9 Å².